The van der Waals surface area contributed by atoms with E-state index in [9.17, 15) is 9.59 Å². The molecule has 2 aromatic heterocycles. The van der Waals surface area contributed by atoms with Crippen molar-refractivity contribution in [3.05, 3.63) is 54.0 Å². The van der Waals surface area contributed by atoms with Gasteiger partial charge in [-0.05, 0) is 24.6 Å². The van der Waals surface area contributed by atoms with Crippen molar-refractivity contribution in [2.75, 3.05) is 18.9 Å². The van der Waals surface area contributed by atoms with E-state index < -0.39 is 12.0 Å². The predicted molar refractivity (Wildman–Crippen MR) is 115 cm³/mol. The van der Waals surface area contributed by atoms with Crippen molar-refractivity contribution < 1.29 is 14.7 Å². The van der Waals surface area contributed by atoms with E-state index in [-0.39, 0.29) is 11.6 Å². The third-order valence-corrected chi connectivity index (χ3v) is 4.60. The fraction of sp³-hybridized carbons (Fsp3) is 0.238. The molecule has 3 aromatic rings. The van der Waals surface area contributed by atoms with Crippen molar-refractivity contribution >= 4 is 23.3 Å². The molecule has 31 heavy (non-hydrogen) atoms. The first-order chi connectivity index (χ1) is 14.8. The van der Waals surface area contributed by atoms with Crippen LogP contribution < -0.4 is 11.1 Å². The van der Waals surface area contributed by atoms with Gasteiger partial charge in [0.15, 0.2) is 11.5 Å². The molecule has 1 atom stereocenters. The van der Waals surface area contributed by atoms with E-state index in [0.717, 1.165) is 11.3 Å². The second kappa shape index (κ2) is 9.15. The monoisotopic (exact) mass is 421 g/mol. The topological polar surface area (TPSA) is 131 Å². The zero-order chi connectivity index (χ0) is 22.5. The number of carbonyl (C=O) groups is 2. The van der Waals surface area contributed by atoms with E-state index in [2.05, 4.69) is 21.4 Å². The SMILES string of the molecule is C#Cc1cccc(-n2cc(Nc3ccn(C)n3)c(C(N)=O)n2)c1.CN1CCC(O)C1=O. The minimum Gasteiger partial charge on any atom is -0.383 e. The van der Waals surface area contributed by atoms with Gasteiger partial charge in [-0.25, -0.2) is 4.68 Å². The van der Waals surface area contributed by atoms with E-state index >= 15 is 0 Å². The van der Waals surface area contributed by atoms with E-state index in [1.54, 1.807) is 48.0 Å². The lowest BCUT2D eigenvalue weighted by Crippen LogP contribution is -2.24. The molecule has 1 unspecified atom stereocenters. The molecule has 2 amide bonds. The lowest BCUT2D eigenvalue weighted by molar-refractivity contribution is -0.133. The molecular formula is C21H23N7O3. The molecule has 10 nitrogen and oxygen atoms in total. The van der Waals surface area contributed by atoms with E-state index in [0.29, 0.717) is 24.5 Å². The highest BCUT2D eigenvalue weighted by molar-refractivity contribution is 5.97. The first kappa shape index (κ1) is 21.6. The van der Waals surface area contributed by atoms with Gasteiger partial charge in [0.25, 0.3) is 11.8 Å². The van der Waals surface area contributed by atoms with Crippen LogP contribution in [0.3, 0.4) is 0 Å². The fourth-order valence-electron chi connectivity index (χ4n) is 2.94. The molecule has 3 heterocycles. The molecule has 1 aromatic carbocycles. The van der Waals surface area contributed by atoms with Gasteiger partial charge in [0.2, 0.25) is 0 Å². The summed E-state index contributed by atoms with van der Waals surface area (Å²) in [4.78, 5) is 23.7. The number of nitrogens with one attached hydrogen (secondary N) is 1. The lowest BCUT2D eigenvalue weighted by atomic mass is 10.2. The van der Waals surface area contributed by atoms with Gasteiger partial charge in [0.05, 0.1) is 17.6 Å². The minimum absolute atomic E-state index is 0.127. The quantitative estimate of drug-likeness (QED) is 0.530. The smallest absolute Gasteiger partial charge is 0.271 e. The Morgan fingerprint density at radius 3 is 2.61 bits per heavy atom. The van der Waals surface area contributed by atoms with Gasteiger partial charge in [0.1, 0.15) is 6.10 Å². The van der Waals surface area contributed by atoms with Crippen molar-refractivity contribution in [2.24, 2.45) is 12.8 Å². The zero-order valence-corrected chi connectivity index (χ0v) is 17.2. The van der Waals surface area contributed by atoms with Crippen LogP contribution in [0.5, 0.6) is 0 Å². The van der Waals surface area contributed by atoms with Crippen LogP contribution in [0.2, 0.25) is 0 Å². The van der Waals surface area contributed by atoms with Gasteiger partial charge in [-0.3, -0.25) is 14.3 Å². The molecule has 1 aliphatic rings. The summed E-state index contributed by atoms with van der Waals surface area (Å²) < 4.78 is 3.19. The molecule has 1 fully saturated rings. The van der Waals surface area contributed by atoms with Crippen LogP contribution in [-0.4, -0.2) is 61.1 Å². The van der Waals surface area contributed by atoms with Gasteiger partial charge in [-0.15, -0.1) is 6.42 Å². The average molecular weight is 421 g/mol. The number of hydrogen-bond donors (Lipinski definition) is 3. The Morgan fingerprint density at radius 2 is 2.10 bits per heavy atom. The number of aliphatic hydroxyl groups excluding tert-OH is 1. The Balaban J connectivity index is 0.000000287. The van der Waals surface area contributed by atoms with Crippen molar-refractivity contribution in [3.8, 4) is 18.0 Å². The maximum absolute atomic E-state index is 11.6. The van der Waals surface area contributed by atoms with Crippen LogP contribution in [0.4, 0.5) is 11.5 Å². The van der Waals surface area contributed by atoms with Crippen molar-refractivity contribution in [1.82, 2.24) is 24.5 Å². The highest BCUT2D eigenvalue weighted by Gasteiger charge is 2.26. The summed E-state index contributed by atoms with van der Waals surface area (Å²) in [6, 6.07) is 9.05. The molecule has 0 radical (unpaired) electrons. The molecule has 4 N–H and O–H groups in total. The van der Waals surface area contributed by atoms with E-state index in [1.807, 2.05) is 18.2 Å². The summed E-state index contributed by atoms with van der Waals surface area (Å²) >= 11 is 0. The summed E-state index contributed by atoms with van der Waals surface area (Å²) in [5.74, 6) is 2.37. The Morgan fingerprint density at radius 1 is 1.32 bits per heavy atom. The third-order valence-electron chi connectivity index (χ3n) is 4.60. The Labute approximate surface area is 179 Å². The molecular weight excluding hydrogens is 398 g/mol. The molecule has 0 aliphatic carbocycles. The molecule has 1 aliphatic heterocycles. The highest BCUT2D eigenvalue weighted by atomic mass is 16.3. The predicted octanol–water partition coefficient (Wildman–Crippen LogP) is 0.639. The van der Waals surface area contributed by atoms with Crippen LogP contribution in [-0.2, 0) is 11.8 Å². The van der Waals surface area contributed by atoms with Gasteiger partial charge in [-0.2, -0.15) is 10.2 Å². The summed E-state index contributed by atoms with van der Waals surface area (Å²) in [5, 5.41) is 20.3. The molecule has 1 saturated heterocycles. The van der Waals surface area contributed by atoms with Gasteiger partial charge in [-0.1, -0.05) is 12.0 Å². The summed E-state index contributed by atoms with van der Waals surface area (Å²) in [5.41, 5.74) is 7.46. The number of benzene rings is 1. The molecule has 0 spiro atoms. The molecule has 10 heteroatoms. The number of aliphatic hydroxyl groups is 1. The van der Waals surface area contributed by atoms with Crippen LogP contribution >= 0.6 is 0 Å². The Bertz CT molecular complexity index is 1130. The number of aryl methyl sites for hydroxylation is 1. The Hall–Kier alpha value is -4.10. The summed E-state index contributed by atoms with van der Waals surface area (Å²) in [6.45, 7) is 0.694. The van der Waals surface area contributed by atoms with Crippen LogP contribution in [0, 0.1) is 12.3 Å². The van der Waals surface area contributed by atoms with Crippen LogP contribution in [0.1, 0.15) is 22.5 Å². The number of carbonyl (C=O) groups excluding carboxylic acids is 2. The number of rotatable bonds is 4. The third kappa shape index (κ3) is 5.09. The number of likely N-dealkylation sites (N-methyl/N-ethyl adjacent to an activating group) is 1. The Kier molecular flexibility index (Phi) is 6.37. The van der Waals surface area contributed by atoms with Crippen LogP contribution in [0.25, 0.3) is 5.69 Å². The zero-order valence-electron chi connectivity index (χ0n) is 17.2. The number of hydrogen-bond acceptors (Lipinski definition) is 6. The minimum atomic E-state index is -0.722. The maximum Gasteiger partial charge on any atom is 0.271 e. The van der Waals surface area contributed by atoms with Gasteiger partial charge < -0.3 is 21.1 Å². The number of primary amides is 1. The highest BCUT2D eigenvalue weighted by Crippen LogP contribution is 2.21. The fourth-order valence-corrected chi connectivity index (χ4v) is 2.94. The molecule has 4 rings (SSSR count). The number of nitrogens with two attached hydrogens (primary N) is 1. The number of likely N-dealkylation sites (tertiary alicyclic amines) is 1. The van der Waals surface area contributed by atoms with Crippen molar-refractivity contribution in [1.29, 1.82) is 0 Å². The number of aromatic nitrogens is 4. The average Bonchev–Trinajstić information content (AvgIpc) is 3.45. The lowest BCUT2D eigenvalue weighted by Gasteiger charge is -2.04. The molecule has 160 valence electrons. The molecule has 0 bridgehead atoms. The van der Waals surface area contributed by atoms with Crippen molar-refractivity contribution in [2.45, 2.75) is 12.5 Å². The largest absolute Gasteiger partial charge is 0.383 e. The van der Waals surface area contributed by atoms with Crippen molar-refractivity contribution in [3.63, 3.8) is 0 Å². The normalized spacial score (nSPS) is 15.2. The summed E-state index contributed by atoms with van der Waals surface area (Å²) in [6.07, 6.45) is 8.73. The first-order valence-electron chi connectivity index (χ1n) is 9.44. The van der Waals surface area contributed by atoms with Gasteiger partial charge in [0, 0.05) is 38.5 Å². The van der Waals surface area contributed by atoms with Crippen LogP contribution in [0.15, 0.2) is 42.7 Å². The number of amides is 2. The second-order valence-corrected chi connectivity index (χ2v) is 6.96. The summed E-state index contributed by atoms with van der Waals surface area (Å²) in [7, 11) is 3.49. The van der Waals surface area contributed by atoms with Gasteiger partial charge >= 0.3 is 0 Å². The number of anilines is 2. The standard InChI is InChI=1S/C16H14N6O.C5H9NO2/c1-3-11-5-4-6-12(9-11)22-10-13(15(20-22)16(17)23)18-14-7-8-21(2)19-14;1-6-3-2-4(7)5(6)8/h1,4-10H,2H3,(H2,17,23)(H,18,19);4,7H,2-3H2,1H3. The number of nitrogens with zero attached hydrogens (tertiary/aromatic N) is 5. The van der Waals surface area contributed by atoms with E-state index in [1.165, 1.54) is 4.90 Å². The van der Waals surface area contributed by atoms with E-state index in [4.69, 9.17) is 17.3 Å². The second-order valence-electron chi connectivity index (χ2n) is 6.96. The first-order valence-corrected chi connectivity index (χ1v) is 9.44. The molecule has 0 saturated carbocycles. The number of terminal acetylenes is 1. The maximum atomic E-state index is 11.6.